The molecule has 3 heteroatoms. The van der Waals surface area contributed by atoms with Crippen LogP contribution in [0.2, 0.25) is 0 Å². The molecule has 0 radical (unpaired) electrons. The maximum absolute atomic E-state index is 9.65. The lowest BCUT2D eigenvalue weighted by atomic mass is 9.93. The Morgan fingerprint density at radius 1 is 1.22 bits per heavy atom. The van der Waals surface area contributed by atoms with E-state index in [1.807, 2.05) is 55.1 Å². The Bertz CT molecular complexity index is 492. The van der Waals surface area contributed by atoms with Crippen LogP contribution in [0.15, 0.2) is 48.8 Å². The second kappa shape index (κ2) is 5.38. The predicted molar refractivity (Wildman–Crippen MR) is 73.1 cm³/mol. The molecular formula is C15H20N2O. The molecule has 1 unspecified atom stereocenters. The van der Waals surface area contributed by atoms with E-state index in [1.54, 1.807) is 0 Å². The van der Waals surface area contributed by atoms with Gasteiger partial charge in [0.05, 0.1) is 12.1 Å². The summed E-state index contributed by atoms with van der Waals surface area (Å²) in [4.78, 5) is 0. The minimum absolute atomic E-state index is 0.0733. The van der Waals surface area contributed by atoms with Crippen LogP contribution in [0, 0.1) is 0 Å². The first kappa shape index (κ1) is 12.9. The maximum atomic E-state index is 9.65. The van der Waals surface area contributed by atoms with Crippen molar-refractivity contribution in [2.75, 3.05) is 6.61 Å². The molecule has 0 amide bonds. The highest BCUT2D eigenvalue weighted by Gasteiger charge is 2.24. The van der Waals surface area contributed by atoms with Crippen molar-refractivity contribution in [3.63, 3.8) is 0 Å². The maximum Gasteiger partial charge on any atom is 0.0652 e. The largest absolute Gasteiger partial charge is 0.394 e. The van der Waals surface area contributed by atoms with Crippen molar-refractivity contribution in [1.82, 2.24) is 9.88 Å². The van der Waals surface area contributed by atoms with E-state index in [-0.39, 0.29) is 6.61 Å². The minimum atomic E-state index is -0.406. The van der Waals surface area contributed by atoms with Gasteiger partial charge < -0.3 is 15.0 Å². The van der Waals surface area contributed by atoms with Gasteiger partial charge in [0.2, 0.25) is 0 Å². The Balaban J connectivity index is 2.09. The molecule has 0 saturated carbocycles. The van der Waals surface area contributed by atoms with Gasteiger partial charge in [0.1, 0.15) is 0 Å². The van der Waals surface area contributed by atoms with Crippen LogP contribution in [0.25, 0.3) is 0 Å². The highest BCUT2D eigenvalue weighted by molar-refractivity contribution is 5.24. The molecule has 0 aliphatic rings. The van der Waals surface area contributed by atoms with Gasteiger partial charge >= 0.3 is 0 Å². The van der Waals surface area contributed by atoms with E-state index in [0.717, 1.165) is 12.1 Å². The van der Waals surface area contributed by atoms with E-state index in [9.17, 15) is 5.11 Å². The van der Waals surface area contributed by atoms with Gasteiger partial charge in [-0.25, -0.2) is 0 Å². The average Bonchev–Trinajstić information content (AvgIpc) is 2.83. The molecule has 3 nitrogen and oxygen atoms in total. The lowest BCUT2D eigenvalue weighted by molar-refractivity contribution is 0.173. The summed E-state index contributed by atoms with van der Waals surface area (Å²) in [6, 6.07) is 12.1. The molecule has 1 aromatic heterocycles. The van der Waals surface area contributed by atoms with Gasteiger partial charge in [-0.15, -0.1) is 0 Å². The van der Waals surface area contributed by atoms with Crippen molar-refractivity contribution < 1.29 is 5.11 Å². The fourth-order valence-corrected chi connectivity index (χ4v) is 2.02. The molecule has 0 fully saturated rings. The van der Waals surface area contributed by atoms with E-state index in [1.165, 1.54) is 5.56 Å². The number of hydrogen-bond donors (Lipinski definition) is 2. The van der Waals surface area contributed by atoms with E-state index in [2.05, 4.69) is 17.6 Å². The Hall–Kier alpha value is -1.58. The molecule has 1 atom stereocenters. The quantitative estimate of drug-likeness (QED) is 0.844. The summed E-state index contributed by atoms with van der Waals surface area (Å²) in [7, 11) is 2.01. The van der Waals surface area contributed by atoms with Gasteiger partial charge in [-0.1, -0.05) is 30.3 Å². The first-order chi connectivity index (χ1) is 8.64. The number of aryl methyl sites for hydroxylation is 1. The van der Waals surface area contributed by atoms with Crippen LogP contribution in [0.3, 0.4) is 0 Å². The molecule has 0 aliphatic heterocycles. The summed E-state index contributed by atoms with van der Waals surface area (Å²) in [5.74, 6) is 0. The summed E-state index contributed by atoms with van der Waals surface area (Å²) >= 11 is 0. The van der Waals surface area contributed by atoms with Crippen LogP contribution >= 0.6 is 0 Å². The molecule has 18 heavy (non-hydrogen) atoms. The summed E-state index contributed by atoms with van der Waals surface area (Å²) in [5.41, 5.74) is 1.91. The van der Waals surface area contributed by atoms with Crippen LogP contribution < -0.4 is 5.32 Å². The summed E-state index contributed by atoms with van der Waals surface area (Å²) in [5, 5.41) is 13.1. The fourth-order valence-electron chi connectivity index (χ4n) is 2.02. The number of rotatable bonds is 5. The molecule has 2 N–H and O–H groups in total. The normalized spacial score (nSPS) is 14.4. The number of hydrogen-bond acceptors (Lipinski definition) is 2. The van der Waals surface area contributed by atoms with E-state index in [4.69, 9.17) is 0 Å². The van der Waals surface area contributed by atoms with Gasteiger partial charge in [0.25, 0.3) is 0 Å². The number of benzene rings is 1. The predicted octanol–water partition coefficient (Wildman–Crippen LogP) is 2.02. The van der Waals surface area contributed by atoms with E-state index >= 15 is 0 Å². The molecule has 0 bridgehead atoms. The zero-order valence-electron chi connectivity index (χ0n) is 10.9. The number of aliphatic hydroxyl groups is 1. The molecular weight excluding hydrogens is 224 g/mol. The molecule has 2 rings (SSSR count). The zero-order valence-corrected chi connectivity index (χ0v) is 10.9. The Labute approximate surface area is 108 Å². The van der Waals surface area contributed by atoms with Gasteiger partial charge in [-0.3, -0.25) is 0 Å². The van der Waals surface area contributed by atoms with Crippen molar-refractivity contribution in [1.29, 1.82) is 0 Å². The van der Waals surface area contributed by atoms with Crippen LogP contribution in [0.5, 0.6) is 0 Å². The summed E-state index contributed by atoms with van der Waals surface area (Å²) in [6.07, 6.45) is 4.10. The van der Waals surface area contributed by atoms with Crippen molar-refractivity contribution in [3.8, 4) is 0 Å². The third-order valence-electron chi connectivity index (χ3n) is 3.30. The number of nitrogens with zero attached hydrogens (tertiary/aromatic N) is 1. The Morgan fingerprint density at radius 3 is 2.50 bits per heavy atom. The van der Waals surface area contributed by atoms with Crippen LogP contribution in [0.1, 0.15) is 18.1 Å². The molecule has 96 valence electrons. The van der Waals surface area contributed by atoms with Gasteiger partial charge in [0.15, 0.2) is 0 Å². The minimum Gasteiger partial charge on any atom is -0.394 e. The fraction of sp³-hybridized carbons (Fsp3) is 0.333. The smallest absolute Gasteiger partial charge is 0.0652 e. The first-order valence-electron chi connectivity index (χ1n) is 6.16. The second-order valence-corrected chi connectivity index (χ2v) is 4.90. The molecule has 0 saturated heterocycles. The molecule has 1 heterocycles. The van der Waals surface area contributed by atoms with Gasteiger partial charge in [0, 0.05) is 26.0 Å². The van der Waals surface area contributed by atoms with Gasteiger partial charge in [-0.2, -0.15) is 0 Å². The lowest BCUT2D eigenvalue weighted by Gasteiger charge is -2.29. The third-order valence-corrected chi connectivity index (χ3v) is 3.30. The highest BCUT2D eigenvalue weighted by atomic mass is 16.3. The van der Waals surface area contributed by atoms with E-state index < -0.39 is 5.54 Å². The Morgan fingerprint density at radius 2 is 1.94 bits per heavy atom. The second-order valence-electron chi connectivity index (χ2n) is 4.90. The number of aromatic nitrogens is 1. The molecule has 0 spiro atoms. The standard InChI is InChI=1S/C15H20N2O/c1-15(12-18,14-6-4-3-5-7-14)16-10-13-8-9-17(2)11-13/h3-9,11,16,18H,10,12H2,1-2H3. The van der Waals surface area contributed by atoms with Crippen molar-refractivity contribution >= 4 is 0 Å². The van der Waals surface area contributed by atoms with Crippen LogP contribution in [0.4, 0.5) is 0 Å². The monoisotopic (exact) mass is 244 g/mol. The number of nitrogens with one attached hydrogen (secondary N) is 1. The average molecular weight is 244 g/mol. The summed E-state index contributed by atoms with van der Waals surface area (Å²) in [6.45, 7) is 2.84. The van der Waals surface area contributed by atoms with Crippen molar-refractivity contribution in [3.05, 3.63) is 59.9 Å². The summed E-state index contributed by atoms with van der Waals surface area (Å²) < 4.78 is 2.02. The number of aliphatic hydroxyl groups excluding tert-OH is 1. The first-order valence-corrected chi connectivity index (χ1v) is 6.16. The van der Waals surface area contributed by atoms with Crippen molar-refractivity contribution in [2.45, 2.75) is 19.0 Å². The van der Waals surface area contributed by atoms with Crippen LogP contribution in [-0.2, 0) is 19.1 Å². The molecule has 2 aromatic rings. The Kier molecular flexibility index (Phi) is 3.84. The third kappa shape index (κ3) is 2.81. The molecule has 1 aromatic carbocycles. The zero-order chi connectivity index (χ0) is 13.0. The van der Waals surface area contributed by atoms with E-state index in [0.29, 0.717) is 0 Å². The topological polar surface area (TPSA) is 37.2 Å². The van der Waals surface area contributed by atoms with Crippen LogP contribution in [-0.4, -0.2) is 16.3 Å². The molecule has 0 aliphatic carbocycles. The SMILES string of the molecule is Cn1ccc(CNC(C)(CO)c2ccccc2)c1. The highest BCUT2D eigenvalue weighted by Crippen LogP contribution is 2.20. The van der Waals surface area contributed by atoms with Crippen molar-refractivity contribution in [2.24, 2.45) is 7.05 Å². The van der Waals surface area contributed by atoms with Gasteiger partial charge in [-0.05, 0) is 24.1 Å². The lowest BCUT2D eigenvalue weighted by Crippen LogP contribution is -2.42.